The molecule has 1 aliphatic heterocycles. The van der Waals surface area contributed by atoms with Crippen molar-refractivity contribution in [2.45, 2.75) is 64.5 Å². The van der Waals surface area contributed by atoms with Crippen LogP contribution in [0.5, 0.6) is 0 Å². The SMILES string of the molecule is CC1CC(C)N(CCCNC2CCCC2)C1. The number of hydrogen-bond donors (Lipinski definition) is 1. The minimum absolute atomic E-state index is 0.821. The molecule has 0 amide bonds. The van der Waals surface area contributed by atoms with Gasteiger partial charge in [-0.3, -0.25) is 0 Å². The molecule has 2 atom stereocenters. The van der Waals surface area contributed by atoms with Gasteiger partial charge in [0.05, 0.1) is 0 Å². The number of rotatable bonds is 5. The van der Waals surface area contributed by atoms with Crippen LogP contribution < -0.4 is 5.32 Å². The summed E-state index contributed by atoms with van der Waals surface area (Å²) < 4.78 is 0. The molecule has 0 bridgehead atoms. The Morgan fingerprint density at radius 3 is 2.56 bits per heavy atom. The average Bonchev–Trinajstić information content (AvgIpc) is 2.84. The fourth-order valence-corrected chi connectivity index (χ4v) is 3.42. The van der Waals surface area contributed by atoms with Gasteiger partial charge in [0, 0.05) is 18.6 Å². The lowest BCUT2D eigenvalue weighted by atomic mass is 10.1. The highest BCUT2D eigenvalue weighted by Gasteiger charge is 2.25. The lowest BCUT2D eigenvalue weighted by Crippen LogP contribution is -2.32. The van der Waals surface area contributed by atoms with Crippen molar-refractivity contribution in [2.75, 3.05) is 19.6 Å². The van der Waals surface area contributed by atoms with E-state index in [0.717, 1.165) is 18.0 Å². The molecule has 2 rings (SSSR count). The van der Waals surface area contributed by atoms with E-state index in [-0.39, 0.29) is 0 Å². The molecule has 1 N–H and O–H groups in total. The first-order valence-electron chi connectivity index (χ1n) is 7.23. The third kappa shape index (κ3) is 3.46. The summed E-state index contributed by atoms with van der Waals surface area (Å²) in [5, 5.41) is 3.70. The number of nitrogens with zero attached hydrogens (tertiary/aromatic N) is 1. The molecule has 16 heavy (non-hydrogen) atoms. The van der Waals surface area contributed by atoms with Crippen LogP contribution in [0.2, 0.25) is 0 Å². The van der Waals surface area contributed by atoms with Crippen molar-refractivity contribution < 1.29 is 0 Å². The van der Waals surface area contributed by atoms with Gasteiger partial charge in [-0.2, -0.15) is 0 Å². The molecule has 0 radical (unpaired) electrons. The fourth-order valence-electron chi connectivity index (χ4n) is 3.42. The summed E-state index contributed by atoms with van der Waals surface area (Å²) in [6, 6.07) is 1.66. The Morgan fingerprint density at radius 1 is 1.19 bits per heavy atom. The zero-order chi connectivity index (χ0) is 11.4. The highest BCUT2D eigenvalue weighted by Crippen LogP contribution is 2.22. The molecule has 2 nitrogen and oxygen atoms in total. The van der Waals surface area contributed by atoms with Crippen molar-refractivity contribution in [3.8, 4) is 0 Å². The van der Waals surface area contributed by atoms with E-state index in [4.69, 9.17) is 0 Å². The monoisotopic (exact) mass is 224 g/mol. The van der Waals surface area contributed by atoms with Crippen LogP contribution in [-0.2, 0) is 0 Å². The molecule has 1 saturated carbocycles. The third-order valence-electron chi connectivity index (χ3n) is 4.32. The molecule has 0 aromatic heterocycles. The topological polar surface area (TPSA) is 15.3 Å². The summed E-state index contributed by atoms with van der Waals surface area (Å²) in [6.07, 6.45) is 8.44. The molecule has 1 heterocycles. The van der Waals surface area contributed by atoms with E-state index >= 15 is 0 Å². The van der Waals surface area contributed by atoms with Gasteiger partial charge in [0.25, 0.3) is 0 Å². The first-order chi connectivity index (χ1) is 7.75. The van der Waals surface area contributed by atoms with Crippen molar-refractivity contribution in [1.82, 2.24) is 10.2 Å². The standard InChI is InChI=1S/C14H28N2/c1-12-10-13(2)16(11-12)9-5-8-15-14-6-3-4-7-14/h12-15H,3-11H2,1-2H3. The number of likely N-dealkylation sites (tertiary alicyclic amines) is 1. The Balaban J connectivity index is 1.54. The van der Waals surface area contributed by atoms with Crippen molar-refractivity contribution in [3.63, 3.8) is 0 Å². The second-order valence-electron chi connectivity index (χ2n) is 5.97. The Hall–Kier alpha value is -0.0800. The predicted octanol–water partition coefficient (Wildman–Crippen LogP) is 2.64. The predicted molar refractivity (Wildman–Crippen MR) is 69.7 cm³/mol. The van der Waals surface area contributed by atoms with Crippen molar-refractivity contribution in [3.05, 3.63) is 0 Å². The van der Waals surface area contributed by atoms with Crippen molar-refractivity contribution >= 4 is 0 Å². The quantitative estimate of drug-likeness (QED) is 0.722. The lowest BCUT2D eigenvalue weighted by Gasteiger charge is -2.21. The van der Waals surface area contributed by atoms with Crippen LogP contribution in [0.15, 0.2) is 0 Å². The van der Waals surface area contributed by atoms with E-state index < -0.39 is 0 Å². The Labute approximate surface area is 101 Å². The number of nitrogens with one attached hydrogen (secondary N) is 1. The Morgan fingerprint density at radius 2 is 1.94 bits per heavy atom. The summed E-state index contributed by atoms with van der Waals surface area (Å²) in [7, 11) is 0. The minimum atomic E-state index is 0.821. The van der Waals surface area contributed by atoms with Gasteiger partial charge in [-0.1, -0.05) is 19.8 Å². The van der Waals surface area contributed by atoms with E-state index in [0.29, 0.717) is 0 Å². The van der Waals surface area contributed by atoms with E-state index in [2.05, 4.69) is 24.1 Å². The molecule has 2 unspecified atom stereocenters. The summed E-state index contributed by atoms with van der Waals surface area (Å²) in [6.45, 7) is 8.61. The van der Waals surface area contributed by atoms with Gasteiger partial charge in [-0.05, 0) is 51.6 Å². The molecule has 94 valence electrons. The van der Waals surface area contributed by atoms with Gasteiger partial charge in [0.15, 0.2) is 0 Å². The Bertz CT molecular complexity index is 199. The third-order valence-corrected chi connectivity index (χ3v) is 4.32. The molecule has 0 spiro atoms. The number of hydrogen-bond acceptors (Lipinski definition) is 2. The van der Waals surface area contributed by atoms with Gasteiger partial charge in [0.1, 0.15) is 0 Å². The van der Waals surface area contributed by atoms with Crippen LogP contribution in [0.4, 0.5) is 0 Å². The van der Waals surface area contributed by atoms with Crippen molar-refractivity contribution in [2.24, 2.45) is 5.92 Å². The average molecular weight is 224 g/mol. The van der Waals surface area contributed by atoms with Gasteiger partial charge in [-0.15, -0.1) is 0 Å². The van der Waals surface area contributed by atoms with E-state index in [9.17, 15) is 0 Å². The van der Waals surface area contributed by atoms with E-state index in [1.165, 1.54) is 58.2 Å². The molecule has 0 aromatic rings. The Kier molecular flexibility index (Phi) is 4.66. The van der Waals surface area contributed by atoms with E-state index in [1.54, 1.807) is 0 Å². The summed E-state index contributed by atoms with van der Waals surface area (Å²) in [4.78, 5) is 2.67. The summed E-state index contributed by atoms with van der Waals surface area (Å²) in [5.41, 5.74) is 0. The minimum Gasteiger partial charge on any atom is -0.314 e. The maximum Gasteiger partial charge on any atom is 0.00700 e. The molecular weight excluding hydrogens is 196 g/mol. The molecule has 2 heteroatoms. The van der Waals surface area contributed by atoms with Crippen LogP contribution in [-0.4, -0.2) is 36.6 Å². The van der Waals surface area contributed by atoms with Gasteiger partial charge >= 0.3 is 0 Å². The van der Waals surface area contributed by atoms with Crippen LogP contribution in [0, 0.1) is 5.92 Å². The normalized spacial score (nSPS) is 32.6. The summed E-state index contributed by atoms with van der Waals surface area (Å²) in [5.74, 6) is 0.915. The van der Waals surface area contributed by atoms with Gasteiger partial charge in [-0.25, -0.2) is 0 Å². The highest BCUT2D eigenvalue weighted by atomic mass is 15.2. The van der Waals surface area contributed by atoms with Crippen LogP contribution in [0.25, 0.3) is 0 Å². The maximum absolute atomic E-state index is 3.70. The molecule has 1 saturated heterocycles. The second-order valence-corrected chi connectivity index (χ2v) is 5.97. The largest absolute Gasteiger partial charge is 0.314 e. The zero-order valence-electron chi connectivity index (χ0n) is 11.0. The highest BCUT2D eigenvalue weighted by molar-refractivity contribution is 4.80. The first kappa shape index (κ1) is 12.4. The molecular formula is C14H28N2. The van der Waals surface area contributed by atoms with Crippen LogP contribution in [0.3, 0.4) is 0 Å². The molecule has 1 aliphatic carbocycles. The van der Waals surface area contributed by atoms with Gasteiger partial charge < -0.3 is 10.2 Å². The molecule has 2 fully saturated rings. The van der Waals surface area contributed by atoms with E-state index in [1.807, 2.05) is 0 Å². The smallest absolute Gasteiger partial charge is 0.00700 e. The van der Waals surface area contributed by atoms with Gasteiger partial charge in [0.2, 0.25) is 0 Å². The lowest BCUT2D eigenvalue weighted by molar-refractivity contribution is 0.259. The zero-order valence-corrected chi connectivity index (χ0v) is 11.0. The summed E-state index contributed by atoms with van der Waals surface area (Å²) >= 11 is 0. The van der Waals surface area contributed by atoms with Crippen LogP contribution >= 0.6 is 0 Å². The molecule has 2 aliphatic rings. The maximum atomic E-state index is 3.70. The second kappa shape index (κ2) is 6.02. The fraction of sp³-hybridized carbons (Fsp3) is 1.00. The molecule has 0 aromatic carbocycles. The van der Waals surface area contributed by atoms with Crippen molar-refractivity contribution in [1.29, 1.82) is 0 Å². The van der Waals surface area contributed by atoms with Crippen LogP contribution in [0.1, 0.15) is 52.4 Å². The first-order valence-corrected chi connectivity index (χ1v) is 7.23.